The van der Waals surface area contributed by atoms with Gasteiger partial charge in [0, 0.05) is 5.56 Å². The summed E-state index contributed by atoms with van der Waals surface area (Å²) in [5.41, 5.74) is 1.28. The third kappa shape index (κ3) is 3.52. The molecular weight excluding hydrogens is 330 g/mol. The van der Waals surface area contributed by atoms with E-state index >= 15 is 0 Å². The van der Waals surface area contributed by atoms with E-state index in [1.165, 1.54) is 25.0 Å². The molecule has 4 rings (SSSR count). The molecule has 3 aromatic rings. The van der Waals surface area contributed by atoms with E-state index in [-0.39, 0.29) is 5.75 Å². The lowest BCUT2D eigenvalue weighted by Gasteiger charge is -2.09. The van der Waals surface area contributed by atoms with Gasteiger partial charge >= 0.3 is 6.61 Å². The van der Waals surface area contributed by atoms with E-state index in [2.05, 4.69) is 19.9 Å². The highest BCUT2D eigenvalue weighted by molar-refractivity contribution is 5.61. The van der Waals surface area contributed by atoms with Gasteiger partial charge in [-0.1, -0.05) is 12.8 Å². The minimum atomic E-state index is -2.85. The maximum absolute atomic E-state index is 12.3. The average molecular weight is 346 g/mol. The quantitative estimate of drug-likeness (QED) is 0.654. The van der Waals surface area contributed by atoms with E-state index in [4.69, 9.17) is 4.74 Å². The zero-order chi connectivity index (χ0) is 17.2. The van der Waals surface area contributed by atoms with Crippen LogP contribution in [-0.2, 0) is 0 Å². The fourth-order valence-electron chi connectivity index (χ4n) is 2.63. The molecule has 1 saturated carbocycles. The summed E-state index contributed by atoms with van der Waals surface area (Å²) in [5, 5.41) is 8.28. The van der Waals surface area contributed by atoms with E-state index in [1.54, 1.807) is 28.9 Å². The molecule has 1 aromatic carbocycles. The molecule has 8 heteroatoms. The van der Waals surface area contributed by atoms with E-state index in [0.717, 1.165) is 12.3 Å². The van der Waals surface area contributed by atoms with Crippen LogP contribution in [0.4, 0.5) is 8.78 Å². The highest BCUT2D eigenvalue weighted by Gasteiger charge is 2.21. The van der Waals surface area contributed by atoms with Crippen molar-refractivity contribution in [2.24, 2.45) is 5.92 Å². The number of aromatic nitrogens is 4. The van der Waals surface area contributed by atoms with Crippen molar-refractivity contribution >= 4 is 5.65 Å². The fraction of sp³-hybridized carbons (Fsp3) is 0.353. The van der Waals surface area contributed by atoms with Gasteiger partial charge in [0.05, 0.1) is 19.0 Å². The summed E-state index contributed by atoms with van der Waals surface area (Å²) in [7, 11) is 0. The van der Waals surface area contributed by atoms with Crippen molar-refractivity contribution in [2.75, 3.05) is 6.61 Å². The average Bonchev–Trinajstić information content (AvgIpc) is 3.32. The van der Waals surface area contributed by atoms with Crippen LogP contribution in [0.15, 0.2) is 36.7 Å². The van der Waals surface area contributed by atoms with Gasteiger partial charge in [-0.25, -0.2) is 4.40 Å². The SMILES string of the molecule is FC(F)Oc1ccc(-c2nnc3cncc(OCCC4CC4)n23)cc1. The van der Waals surface area contributed by atoms with Crippen LogP contribution in [0.5, 0.6) is 11.6 Å². The van der Waals surface area contributed by atoms with Crippen molar-refractivity contribution in [2.45, 2.75) is 25.9 Å². The van der Waals surface area contributed by atoms with Gasteiger partial charge in [-0.2, -0.15) is 8.78 Å². The predicted octanol–water partition coefficient (Wildman–Crippen LogP) is 3.57. The van der Waals surface area contributed by atoms with Gasteiger partial charge in [-0.3, -0.25) is 4.98 Å². The number of benzene rings is 1. The number of hydrogen-bond donors (Lipinski definition) is 0. The Balaban J connectivity index is 1.62. The Morgan fingerprint density at radius 2 is 1.92 bits per heavy atom. The Morgan fingerprint density at radius 1 is 1.12 bits per heavy atom. The molecule has 130 valence electrons. The van der Waals surface area contributed by atoms with Crippen molar-refractivity contribution in [1.29, 1.82) is 0 Å². The van der Waals surface area contributed by atoms with Gasteiger partial charge in [0.15, 0.2) is 11.5 Å². The first kappa shape index (κ1) is 15.7. The van der Waals surface area contributed by atoms with Crippen LogP contribution in [0, 0.1) is 5.92 Å². The topological polar surface area (TPSA) is 61.5 Å². The second-order valence-corrected chi connectivity index (χ2v) is 5.95. The van der Waals surface area contributed by atoms with Crippen LogP contribution in [0.2, 0.25) is 0 Å². The molecule has 0 aliphatic heterocycles. The van der Waals surface area contributed by atoms with Gasteiger partial charge in [0.1, 0.15) is 5.75 Å². The summed E-state index contributed by atoms with van der Waals surface area (Å²) in [6, 6.07) is 6.25. The molecule has 0 amide bonds. The molecule has 0 radical (unpaired) electrons. The Bertz CT molecular complexity index is 863. The van der Waals surface area contributed by atoms with Gasteiger partial charge in [0.25, 0.3) is 0 Å². The Labute approximate surface area is 142 Å². The molecule has 1 aliphatic carbocycles. The standard InChI is InChI=1S/C17H16F2N4O2/c18-17(19)25-13-5-3-12(4-6-13)16-22-21-14-9-20-10-15(23(14)16)24-8-7-11-1-2-11/h3-6,9-11,17H,1-2,7-8H2. The van der Waals surface area contributed by atoms with Gasteiger partial charge in [-0.15, -0.1) is 10.2 Å². The smallest absolute Gasteiger partial charge is 0.387 e. The molecule has 0 spiro atoms. The molecule has 25 heavy (non-hydrogen) atoms. The van der Waals surface area contributed by atoms with Gasteiger partial charge in [0.2, 0.25) is 5.88 Å². The first-order chi connectivity index (χ1) is 12.2. The van der Waals surface area contributed by atoms with Crippen LogP contribution in [0.1, 0.15) is 19.3 Å². The van der Waals surface area contributed by atoms with Crippen molar-refractivity contribution in [3.8, 4) is 23.0 Å². The maximum Gasteiger partial charge on any atom is 0.387 e. The number of nitrogens with zero attached hydrogens (tertiary/aromatic N) is 4. The zero-order valence-corrected chi connectivity index (χ0v) is 13.3. The second-order valence-electron chi connectivity index (χ2n) is 5.95. The summed E-state index contributed by atoms with van der Waals surface area (Å²) in [6.07, 6.45) is 6.79. The predicted molar refractivity (Wildman–Crippen MR) is 85.7 cm³/mol. The first-order valence-electron chi connectivity index (χ1n) is 8.08. The van der Waals surface area contributed by atoms with Crippen molar-refractivity contribution in [3.63, 3.8) is 0 Å². The molecule has 0 unspecified atom stereocenters. The van der Waals surface area contributed by atoms with E-state index in [0.29, 0.717) is 29.5 Å². The number of fused-ring (bicyclic) bond motifs is 1. The summed E-state index contributed by atoms with van der Waals surface area (Å²) < 4.78 is 36.5. The number of halogens is 2. The molecule has 2 aromatic heterocycles. The van der Waals surface area contributed by atoms with Crippen LogP contribution >= 0.6 is 0 Å². The lowest BCUT2D eigenvalue weighted by molar-refractivity contribution is -0.0498. The number of ether oxygens (including phenoxy) is 2. The van der Waals surface area contributed by atoms with Gasteiger partial charge < -0.3 is 9.47 Å². The normalized spacial score (nSPS) is 14.2. The van der Waals surface area contributed by atoms with Crippen LogP contribution in [0.25, 0.3) is 17.0 Å². The molecule has 1 fully saturated rings. The Kier molecular flexibility index (Phi) is 4.17. The molecule has 0 bridgehead atoms. The van der Waals surface area contributed by atoms with Crippen LogP contribution in [-0.4, -0.2) is 32.8 Å². The number of hydrogen-bond acceptors (Lipinski definition) is 5. The van der Waals surface area contributed by atoms with E-state index in [9.17, 15) is 8.78 Å². The fourth-order valence-corrected chi connectivity index (χ4v) is 2.63. The monoisotopic (exact) mass is 346 g/mol. The lowest BCUT2D eigenvalue weighted by atomic mass is 10.2. The maximum atomic E-state index is 12.3. The largest absolute Gasteiger partial charge is 0.477 e. The molecule has 2 heterocycles. The Hall–Kier alpha value is -2.77. The minimum absolute atomic E-state index is 0.0927. The van der Waals surface area contributed by atoms with Crippen molar-refractivity contribution in [1.82, 2.24) is 19.6 Å². The van der Waals surface area contributed by atoms with E-state index in [1.807, 2.05) is 0 Å². The van der Waals surface area contributed by atoms with Crippen LogP contribution in [0.3, 0.4) is 0 Å². The molecule has 6 nitrogen and oxygen atoms in total. The third-order valence-electron chi connectivity index (χ3n) is 4.09. The summed E-state index contributed by atoms with van der Waals surface area (Å²) in [4.78, 5) is 4.13. The second kappa shape index (κ2) is 6.62. The number of rotatable bonds is 7. The number of alkyl halides is 2. The van der Waals surface area contributed by atoms with Gasteiger partial charge in [-0.05, 0) is 36.6 Å². The third-order valence-corrected chi connectivity index (χ3v) is 4.09. The molecule has 0 N–H and O–H groups in total. The lowest BCUT2D eigenvalue weighted by Crippen LogP contribution is -2.04. The van der Waals surface area contributed by atoms with Crippen LogP contribution < -0.4 is 9.47 Å². The molecule has 1 aliphatic rings. The summed E-state index contributed by atoms with van der Waals surface area (Å²) in [5.74, 6) is 1.98. The summed E-state index contributed by atoms with van der Waals surface area (Å²) in [6.45, 7) is -2.23. The van der Waals surface area contributed by atoms with Crippen molar-refractivity contribution < 1.29 is 18.3 Å². The highest BCUT2D eigenvalue weighted by Crippen LogP contribution is 2.32. The van der Waals surface area contributed by atoms with E-state index < -0.39 is 6.61 Å². The summed E-state index contributed by atoms with van der Waals surface area (Å²) >= 11 is 0. The molecular formula is C17H16F2N4O2. The zero-order valence-electron chi connectivity index (χ0n) is 13.3. The first-order valence-corrected chi connectivity index (χ1v) is 8.08. The minimum Gasteiger partial charge on any atom is -0.477 e. The van der Waals surface area contributed by atoms with Crippen molar-refractivity contribution in [3.05, 3.63) is 36.7 Å². The molecule has 0 atom stereocenters. The highest BCUT2D eigenvalue weighted by atomic mass is 19.3. The molecule has 0 saturated heterocycles. The Morgan fingerprint density at radius 3 is 2.64 bits per heavy atom.